The number of aliphatic imine (C=N–C) groups is 1. The average molecular weight is 875 g/mol. The predicted octanol–water partition coefficient (Wildman–Crippen LogP) is 8.35. The number of allylic oxidation sites excluding steroid dienone is 1. The van der Waals surface area contributed by atoms with Gasteiger partial charge >= 0.3 is 5.97 Å². The second-order valence-electron chi connectivity index (χ2n) is 14.5. The number of aryl methyl sites for hydroxylation is 4. The maximum atomic E-state index is 12.5. The Bertz CT molecular complexity index is 2790. The number of hydrogen-bond acceptors (Lipinski definition) is 11. The van der Waals surface area contributed by atoms with Gasteiger partial charge in [0.05, 0.1) is 27.3 Å². The molecular weight excluding hydrogens is 825 g/mol. The van der Waals surface area contributed by atoms with Crippen LogP contribution in [0.1, 0.15) is 74.9 Å². The van der Waals surface area contributed by atoms with Crippen molar-refractivity contribution in [2.45, 2.75) is 67.5 Å². The van der Waals surface area contributed by atoms with Crippen molar-refractivity contribution in [1.82, 2.24) is 35.2 Å². The number of nitrogens with two attached hydrogens (primary N) is 3. The van der Waals surface area contributed by atoms with Crippen LogP contribution in [0.3, 0.4) is 0 Å². The summed E-state index contributed by atoms with van der Waals surface area (Å²) in [6, 6.07) is 19.3. The number of aliphatic carboxylic acids is 1. The molecule has 1 amide bonds. The fourth-order valence-electron chi connectivity index (χ4n) is 6.86. The normalized spacial score (nSPS) is 11.7. The number of carbonyl (C=O) groups is 2. The van der Waals surface area contributed by atoms with E-state index < -0.39 is 5.97 Å². The molecule has 1 aliphatic heterocycles. The Morgan fingerprint density at radius 1 is 0.758 bits per heavy atom. The molecule has 16 heteroatoms. The number of nitrogen functional groups attached to an aromatic ring is 2. The van der Waals surface area contributed by atoms with E-state index in [2.05, 4.69) is 40.2 Å². The van der Waals surface area contributed by atoms with E-state index >= 15 is 0 Å². The highest BCUT2D eigenvalue weighted by Crippen LogP contribution is 2.22. The Balaban J connectivity index is 0.000000195. The molecule has 0 spiro atoms. The molecule has 0 saturated carbocycles. The Kier molecular flexibility index (Phi) is 15.5. The number of carbonyl (C=O) groups excluding carboxylic acids is 1. The number of aromatic nitrogens is 6. The number of pyridine rings is 4. The first-order valence-electron chi connectivity index (χ1n) is 19.2. The molecule has 0 unspecified atom stereocenters. The summed E-state index contributed by atoms with van der Waals surface area (Å²) < 4.78 is 0. The number of nitrogens with zero attached hydrogens (tertiary/aromatic N) is 6. The number of nitrogens with one attached hydrogen (secondary N) is 2. The van der Waals surface area contributed by atoms with Gasteiger partial charge in [-0.1, -0.05) is 42.8 Å². The minimum absolute atomic E-state index is 0. The molecule has 0 saturated heterocycles. The summed E-state index contributed by atoms with van der Waals surface area (Å²) in [5.74, 6) is 0.548. The molecule has 0 aliphatic carbocycles. The van der Waals surface area contributed by atoms with Crippen molar-refractivity contribution in [2.24, 2.45) is 10.7 Å². The molecular formula is C46H49Cl2N11O3. The van der Waals surface area contributed by atoms with Crippen molar-refractivity contribution < 1.29 is 14.7 Å². The molecule has 7 aromatic rings. The Morgan fingerprint density at radius 3 is 1.82 bits per heavy atom. The summed E-state index contributed by atoms with van der Waals surface area (Å²) in [6.45, 7) is 8.65. The smallest absolute Gasteiger partial charge is 0.354 e. The number of anilines is 2. The first-order valence-corrected chi connectivity index (χ1v) is 20.0. The topological polar surface area (TPSA) is 237 Å². The number of halogens is 2. The zero-order valence-electron chi connectivity index (χ0n) is 34.1. The van der Waals surface area contributed by atoms with Crippen LogP contribution in [0.5, 0.6) is 0 Å². The predicted molar refractivity (Wildman–Crippen MR) is 248 cm³/mol. The first-order chi connectivity index (χ1) is 29.1. The zero-order valence-corrected chi connectivity index (χ0v) is 35.6. The molecule has 14 nitrogen and oxygen atoms in total. The van der Waals surface area contributed by atoms with Gasteiger partial charge < -0.3 is 32.6 Å². The van der Waals surface area contributed by atoms with Crippen molar-refractivity contribution in [2.75, 3.05) is 11.5 Å². The summed E-state index contributed by atoms with van der Waals surface area (Å²) in [5, 5.41) is 14.9. The van der Waals surface area contributed by atoms with Crippen LogP contribution in [0.15, 0.2) is 96.0 Å². The lowest BCUT2D eigenvalue weighted by molar-refractivity contribution is -0.132. The third kappa shape index (κ3) is 12.0. The second kappa shape index (κ2) is 20.7. The van der Waals surface area contributed by atoms with Crippen LogP contribution in [0.25, 0.3) is 21.8 Å². The number of H-pyrrole nitrogens is 1. The van der Waals surface area contributed by atoms with Crippen LogP contribution in [-0.4, -0.2) is 52.6 Å². The first kappa shape index (κ1) is 46.3. The average Bonchev–Trinajstić information content (AvgIpc) is 3.88. The SMILES string of the molecule is C.Cc1cc(N)nc(C)c1CN.Cc1cc(N)nc(C)c1CNC(=O)c1cnc(Cc2ccc3ncc(Cl)cc3c2)[nH]1.O=C(O)C1=CCC(Cc2ccc3ncc(Cl)cc3c2)=N1. The molecule has 0 bridgehead atoms. The van der Waals surface area contributed by atoms with Crippen LogP contribution in [0.4, 0.5) is 11.6 Å². The van der Waals surface area contributed by atoms with Gasteiger partial charge in [0.25, 0.3) is 5.91 Å². The number of carboxylic acids is 1. The van der Waals surface area contributed by atoms with E-state index in [4.69, 9.17) is 45.5 Å². The van der Waals surface area contributed by atoms with E-state index in [0.717, 1.165) is 72.3 Å². The van der Waals surface area contributed by atoms with Crippen LogP contribution in [0.2, 0.25) is 10.0 Å². The molecule has 62 heavy (non-hydrogen) atoms. The van der Waals surface area contributed by atoms with Gasteiger partial charge in [-0.25, -0.2) is 24.7 Å². The number of aromatic amines is 1. The van der Waals surface area contributed by atoms with E-state index in [0.29, 0.717) is 65.6 Å². The molecule has 8 rings (SSSR count). The van der Waals surface area contributed by atoms with E-state index in [1.807, 2.05) is 82.3 Å². The maximum Gasteiger partial charge on any atom is 0.354 e. The lowest BCUT2D eigenvalue weighted by Gasteiger charge is -2.11. The Hall–Kier alpha value is -6.74. The van der Waals surface area contributed by atoms with Crippen LogP contribution < -0.4 is 22.5 Å². The van der Waals surface area contributed by atoms with Gasteiger partial charge in [0.1, 0.15) is 28.9 Å². The molecule has 2 aromatic carbocycles. The summed E-state index contributed by atoms with van der Waals surface area (Å²) >= 11 is 12.0. The largest absolute Gasteiger partial charge is 0.477 e. The monoisotopic (exact) mass is 873 g/mol. The number of hydrogen-bond donors (Lipinski definition) is 6. The van der Waals surface area contributed by atoms with Crippen LogP contribution in [-0.2, 0) is 30.7 Å². The van der Waals surface area contributed by atoms with E-state index in [1.165, 1.54) is 0 Å². The van der Waals surface area contributed by atoms with Crippen molar-refractivity contribution in [3.05, 3.63) is 157 Å². The van der Waals surface area contributed by atoms with Crippen molar-refractivity contribution in [1.29, 1.82) is 0 Å². The fourth-order valence-corrected chi connectivity index (χ4v) is 7.20. The third-order valence-corrected chi connectivity index (χ3v) is 10.3. The molecule has 1 aliphatic rings. The second-order valence-corrected chi connectivity index (χ2v) is 15.4. The Labute approximate surface area is 369 Å². The van der Waals surface area contributed by atoms with Crippen molar-refractivity contribution >= 4 is 74.2 Å². The zero-order chi connectivity index (χ0) is 43.8. The van der Waals surface area contributed by atoms with Gasteiger partial charge in [-0.15, -0.1) is 0 Å². The highest BCUT2D eigenvalue weighted by molar-refractivity contribution is 6.31. The number of imidazole rings is 1. The number of amides is 1. The lowest BCUT2D eigenvalue weighted by atomic mass is 10.0. The molecule has 0 fully saturated rings. The molecule has 0 atom stereocenters. The molecule has 5 aromatic heterocycles. The lowest BCUT2D eigenvalue weighted by Crippen LogP contribution is -2.24. The van der Waals surface area contributed by atoms with Gasteiger partial charge in [0.2, 0.25) is 0 Å². The maximum absolute atomic E-state index is 12.5. The molecule has 9 N–H and O–H groups in total. The van der Waals surface area contributed by atoms with Crippen molar-refractivity contribution in [3.8, 4) is 0 Å². The third-order valence-electron chi connectivity index (χ3n) is 9.88. The van der Waals surface area contributed by atoms with E-state index in [-0.39, 0.29) is 19.0 Å². The quantitative estimate of drug-likeness (QED) is 0.0806. The highest BCUT2D eigenvalue weighted by atomic mass is 35.5. The fraction of sp³-hybridized carbons (Fsp3) is 0.217. The summed E-state index contributed by atoms with van der Waals surface area (Å²) in [7, 11) is 0. The molecule has 320 valence electrons. The van der Waals surface area contributed by atoms with Gasteiger partial charge in [-0.3, -0.25) is 14.8 Å². The van der Waals surface area contributed by atoms with Crippen LogP contribution >= 0.6 is 23.2 Å². The number of benzene rings is 2. The minimum Gasteiger partial charge on any atom is -0.477 e. The van der Waals surface area contributed by atoms with Gasteiger partial charge in [-0.2, -0.15) is 0 Å². The summed E-state index contributed by atoms with van der Waals surface area (Å²) in [6.07, 6.45) is 8.22. The highest BCUT2D eigenvalue weighted by Gasteiger charge is 2.15. The number of rotatable bonds is 9. The molecule has 6 heterocycles. The standard InChI is InChI=1S/C22H21ClN6O.C15H11ClN2O2.C8H13N3.CH4/c1-12-5-20(24)28-13(2)17(12)10-27-22(30)19-11-26-21(29-19)7-14-3-4-18-15(6-14)8-16(23)9-25-18;16-11-7-10-5-9(1-3-13(10)17-8-11)6-12-2-4-14(18-12)15(19)20;1-5-3-8(10)11-6(2)7(5)4-9;/h3-6,8-9,11H,7,10H2,1-2H3,(H2,24,28)(H,26,29)(H,27,30);1,3-5,7-8H,2,6H2,(H,19,20);3H,4,9H2,1-2H3,(H2,10,11);1H4. The summed E-state index contributed by atoms with van der Waals surface area (Å²) in [5.41, 5.74) is 28.0. The Morgan fingerprint density at radius 2 is 1.31 bits per heavy atom. The van der Waals surface area contributed by atoms with Gasteiger partial charge in [-0.05, 0) is 116 Å². The number of carboxylic acid groups (broad SMARTS) is 1. The van der Waals surface area contributed by atoms with Gasteiger partial charge in [0, 0.05) is 72.6 Å². The molecule has 0 radical (unpaired) electrons. The number of fused-ring (bicyclic) bond motifs is 2. The van der Waals surface area contributed by atoms with Gasteiger partial charge in [0.15, 0.2) is 0 Å². The van der Waals surface area contributed by atoms with E-state index in [1.54, 1.807) is 30.7 Å². The minimum atomic E-state index is -0.977. The summed E-state index contributed by atoms with van der Waals surface area (Å²) in [4.78, 5) is 51.8. The van der Waals surface area contributed by atoms with E-state index in [9.17, 15) is 9.59 Å². The van der Waals surface area contributed by atoms with Crippen LogP contribution in [0, 0.1) is 27.7 Å². The van der Waals surface area contributed by atoms with Crippen molar-refractivity contribution in [3.63, 3.8) is 0 Å².